The van der Waals surface area contributed by atoms with Crippen molar-refractivity contribution < 1.29 is 22.7 Å². The van der Waals surface area contributed by atoms with Crippen LogP contribution in [-0.4, -0.2) is 84.1 Å². The number of hydrogen-bond acceptors (Lipinski definition) is 9. The summed E-state index contributed by atoms with van der Waals surface area (Å²) >= 11 is 0. The summed E-state index contributed by atoms with van der Waals surface area (Å²) < 4.78 is 33.7. The Labute approximate surface area is 286 Å². The van der Waals surface area contributed by atoms with Crippen LogP contribution in [0.3, 0.4) is 0 Å². The molecule has 258 valence electrons. The minimum atomic E-state index is -3.69. The summed E-state index contributed by atoms with van der Waals surface area (Å²) in [5.41, 5.74) is 10.5. The van der Waals surface area contributed by atoms with E-state index in [4.69, 9.17) is 10.5 Å². The number of benzene rings is 3. The van der Waals surface area contributed by atoms with Gasteiger partial charge in [0.15, 0.2) is 0 Å². The zero-order valence-corrected chi connectivity index (χ0v) is 28.3. The molecule has 2 aliphatic rings. The van der Waals surface area contributed by atoms with E-state index in [1.165, 1.54) is 4.31 Å². The number of morpholine rings is 1. The number of carbonyl (C=O) groups excluding carboxylic acids is 2. The Morgan fingerprint density at radius 1 is 1.00 bits per heavy atom. The molecule has 1 aromatic heterocycles. The van der Waals surface area contributed by atoms with Gasteiger partial charge in [-0.05, 0) is 109 Å². The van der Waals surface area contributed by atoms with Crippen LogP contribution >= 0.6 is 0 Å². The second-order valence-electron chi connectivity index (χ2n) is 12.7. The molecule has 6 rings (SSSR count). The maximum absolute atomic E-state index is 13.8. The lowest BCUT2D eigenvalue weighted by molar-refractivity contribution is -0.130. The number of H-pyrrole nitrogens is 1. The SMILES string of the molecule is Cc1ccc(S(=O)(=O)N2CCOCC2)cc1-c1cccc(C[C@H](NC(=O)C2CCC(CN)CC2)C(=O)Nc2ccc(-c3nn[nH]n3)cc2)c1. The van der Waals surface area contributed by atoms with Gasteiger partial charge in [-0.15, -0.1) is 10.2 Å². The van der Waals surface area contributed by atoms with Crippen LogP contribution < -0.4 is 16.4 Å². The van der Waals surface area contributed by atoms with E-state index in [2.05, 4.69) is 31.3 Å². The molecule has 2 fully saturated rings. The van der Waals surface area contributed by atoms with Crippen molar-refractivity contribution in [3.63, 3.8) is 0 Å². The molecule has 1 atom stereocenters. The minimum absolute atomic E-state index is 0.143. The highest BCUT2D eigenvalue weighted by molar-refractivity contribution is 7.89. The quantitative estimate of drug-likeness (QED) is 0.184. The van der Waals surface area contributed by atoms with Crippen molar-refractivity contribution in [2.45, 2.75) is 50.0 Å². The Hall–Kier alpha value is -4.50. The van der Waals surface area contributed by atoms with Crippen molar-refractivity contribution in [1.82, 2.24) is 30.2 Å². The summed E-state index contributed by atoms with van der Waals surface area (Å²) in [7, 11) is -3.69. The number of rotatable bonds is 11. The number of sulfonamides is 1. The number of hydrogen-bond donors (Lipinski definition) is 4. The Morgan fingerprint density at radius 3 is 2.45 bits per heavy atom. The smallest absolute Gasteiger partial charge is 0.247 e. The van der Waals surface area contributed by atoms with E-state index in [0.717, 1.165) is 53.5 Å². The number of ether oxygens (including phenoxy) is 1. The molecule has 14 heteroatoms. The van der Waals surface area contributed by atoms with Gasteiger partial charge in [0, 0.05) is 36.7 Å². The highest BCUT2D eigenvalue weighted by atomic mass is 32.2. The van der Waals surface area contributed by atoms with Crippen LogP contribution in [0.15, 0.2) is 71.6 Å². The molecular weight excluding hydrogens is 645 g/mol. The van der Waals surface area contributed by atoms with Gasteiger partial charge in [0.1, 0.15) is 6.04 Å². The Kier molecular flexibility index (Phi) is 10.8. The molecular formula is C35H42N8O5S. The Balaban J connectivity index is 1.23. The Bertz CT molecular complexity index is 1850. The molecule has 13 nitrogen and oxygen atoms in total. The van der Waals surface area contributed by atoms with E-state index in [-0.39, 0.29) is 29.0 Å². The van der Waals surface area contributed by atoms with Crippen molar-refractivity contribution in [2.75, 3.05) is 38.2 Å². The summed E-state index contributed by atoms with van der Waals surface area (Å²) in [6, 6.07) is 19.0. The molecule has 3 aromatic carbocycles. The predicted octanol–water partition coefficient (Wildman–Crippen LogP) is 3.29. The second kappa shape index (κ2) is 15.4. The average Bonchev–Trinajstić information content (AvgIpc) is 3.68. The van der Waals surface area contributed by atoms with Crippen LogP contribution in [0.25, 0.3) is 22.5 Å². The predicted molar refractivity (Wildman–Crippen MR) is 185 cm³/mol. The number of aromatic amines is 1. The van der Waals surface area contributed by atoms with Gasteiger partial charge in [-0.3, -0.25) is 9.59 Å². The molecule has 5 N–H and O–H groups in total. The fourth-order valence-corrected chi connectivity index (χ4v) is 7.92. The van der Waals surface area contributed by atoms with E-state index in [0.29, 0.717) is 50.3 Å². The third kappa shape index (κ3) is 8.21. The van der Waals surface area contributed by atoms with Gasteiger partial charge in [0.2, 0.25) is 27.7 Å². The van der Waals surface area contributed by atoms with Gasteiger partial charge < -0.3 is 21.1 Å². The summed E-state index contributed by atoms with van der Waals surface area (Å²) in [5.74, 6) is 0.184. The van der Waals surface area contributed by atoms with E-state index >= 15 is 0 Å². The van der Waals surface area contributed by atoms with Crippen LogP contribution in [0, 0.1) is 18.8 Å². The summed E-state index contributed by atoms with van der Waals surface area (Å²) in [4.78, 5) is 27.5. The van der Waals surface area contributed by atoms with Crippen molar-refractivity contribution in [1.29, 1.82) is 0 Å². The third-order valence-electron chi connectivity index (χ3n) is 9.43. The number of carbonyl (C=O) groups is 2. The lowest BCUT2D eigenvalue weighted by Crippen LogP contribution is -2.48. The standard InChI is InChI=1S/C35H42N8O5S/c1-23-5-14-30(49(46,47)43-15-17-48-18-16-43)21-31(23)28-4-2-3-25(19-28)20-32(38-34(44)27-8-6-24(22-36)7-9-27)35(45)37-29-12-10-26(11-13-29)33-39-41-42-40-33/h2-5,10-14,19,21,24,27,32H,6-9,15-18,20,22,36H2,1H3,(H,37,45)(H,38,44)(H,39,40,41,42)/t24?,27?,32-/m0/s1. The molecule has 49 heavy (non-hydrogen) atoms. The first-order valence-electron chi connectivity index (χ1n) is 16.6. The van der Waals surface area contributed by atoms with Crippen molar-refractivity contribution >= 4 is 27.5 Å². The van der Waals surface area contributed by atoms with Crippen LogP contribution in [-0.2, 0) is 30.8 Å². The van der Waals surface area contributed by atoms with E-state index in [1.54, 1.807) is 36.4 Å². The molecule has 0 radical (unpaired) electrons. The van der Waals surface area contributed by atoms with Crippen LogP contribution in [0.2, 0.25) is 0 Å². The number of nitrogens with one attached hydrogen (secondary N) is 3. The zero-order chi connectivity index (χ0) is 34.4. The topological polar surface area (TPSA) is 185 Å². The molecule has 0 bridgehead atoms. The van der Waals surface area contributed by atoms with Crippen molar-refractivity contribution in [3.8, 4) is 22.5 Å². The van der Waals surface area contributed by atoms with E-state index < -0.39 is 16.1 Å². The van der Waals surface area contributed by atoms with Gasteiger partial charge in [-0.2, -0.15) is 9.52 Å². The number of nitrogens with zero attached hydrogens (tertiary/aromatic N) is 4. The van der Waals surface area contributed by atoms with Gasteiger partial charge in [-0.25, -0.2) is 8.42 Å². The highest BCUT2D eigenvalue weighted by Crippen LogP contribution is 2.30. The Morgan fingerprint density at radius 2 is 1.76 bits per heavy atom. The van der Waals surface area contributed by atoms with Gasteiger partial charge >= 0.3 is 0 Å². The molecule has 1 saturated carbocycles. The first-order valence-corrected chi connectivity index (χ1v) is 18.1. The largest absolute Gasteiger partial charge is 0.379 e. The molecule has 1 aliphatic carbocycles. The molecule has 1 saturated heterocycles. The fraction of sp³-hybridized carbons (Fsp3) is 0.400. The molecule has 0 spiro atoms. The normalized spacial score (nSPS) is 19.2. The monoisotopic (exact) mass is 686 g/mol. The lowest BCUT2D eigenvalue weighted by Gasteiger charge is -2.28. The number of anilines is 1. The number of nitrogens with two attached hydrogens (primary N) is 1. The van der Waals surface area contributed by atoms with E-state index in [9.17, 15) is 18.0 Å². The maximum Gasteiger partial charge on any atom is 0.247 e. The first-order chi connectivity index (χ1) is 23.7. The summed E-state index contributed by atoms with van der Waals surface area (Å²) in [5, 5.41) is 20.0. The zero-order valence-electron chi connectivity index (χ0n) is 27.5. The molecule has 0 unspecified atom stereocenters. The minimum Gasteiger partial charge on any atom is -0.379 e. The number of aromatic nitrogens is 4. The molecule has 2 amide bonds. The molecule has 4 aromatic rings. The third-order valence-corrected chi connectivity index (χ3v) is 11.3. The summed E-state index contributed by atoms with van der Waals surface area (Å²) in [6.07, 6.45) is 3.48. The number of tetrazole rings is 1. The second-order valence-corrected chi connectivity index (χ2v) is 14.7. The van der Waals surface area contributed by atoms with Crippen LogP contribution in [0.4, 0.5) is 5.69 Å². The lowest BCUT2D eigenvalue weighted by atomic mass is 9.81. The van der Waals surface area contributed by atoms with Gasteiger partial charge in [0.25, 0.3) is 0 Å². The fourth-order valence-electron chi connectivity index (χ4n) is 6.49. The number of aryl methyl sites for hydroxylation is 1. The molecule has 2 heterocycles. The number of amides is 2. The van der Waals surface area contributed by atoms with Crippen LogP contribution in [0.5, 0.6) is 0 Å². The maximum atomic E-state index is 13.8. The first kappa shape index (κ1) is 34.4. The highest BCUT2D eigenvalue weighted by Gasteiger charge is 2.30. The van der Waals surface area contributed by atoms with Gasteiger partial charge in [-0.1, -0.05) is 30.3 Å². The van der Waals surface area contributed by atoms with Crippen LogP contribution in [0.1, 0.15) is 36.8 Å². The summed E-state index contributed by atoms with van der Waals surface area (Å²) in [6.45, 7) is 3.91. The van der Waals surface area contributed by atoms with E-state index in [1.807, 2.05) is 37.3 Å². The van der Waals surface area contributed by atoms with Gasteiger partial charge in [0.05, 0.1) is 18.1 Å². The van der Waals surface area contributed by atoms with Crippen molar-refractivity contribution in [2.24, 2.45) is 17.6 Å². The molecule has 1 aliphatic heterocycles. The average molecular weight is 687 g/mol. The van der Waals surface area contributed by atoms with Crippen molar-refractivity contribution in [3.05, 3.63) is 77.9 Å².